The van der Waals surface area contributed by atoms with Gasteiger partial charge in [-0.3, -0.25) is 0 Å². The lowest BCUT2D eigenvalue weighted by Gasteiger charge is -2.00. The predicted molar refractivity (Wildman–Crippen MR) is 108 cm³/mol. The van der Waals surface area contributed by atoms with Crippen molar-refractivity contribution in [2.45, 2.75) is 84.2 Å². The molecule has 0 aromatic carbocycles. The highest BCUT2D eigenvalue weighted by Crippen LogP contribution is 2.26. The number of hydrogen-bond acceptors (Lipinski definition) is 2. The van der Waals surface area contributed by atoms with Crippen molar-refractivity contribution in [3.8, 4) is 0 Å². The lowest BCUT2D eigenvalue weighted by Crippen LogP contribution is -2.01. The van der Waals surface area contributed by atoms with E-state index in [1.54, 1.807) is 6.92 Å². The maximum absolute atomic E-state index is 12.1. The van der Waals surface area contributed by atoms with Crippen LogP contribution in [-0.2, 0) is 9.09 Å². The molecule has 0 saturated heterocycles. The van der Waals surface area contributed by atoms with Crippen LogP contribution in [0.2, 0.25) is 0 Å². The van der Waals surface area contributed by atoms with Crippen molar-refractivity contribution >= 4 is 8.34 Å². The van der Waals surface area contributed by atoms with Gasteiger partial charge in [0.25, 0.3) is 0 Å². The zero-order chi connectivity index (χ0) is 18.6. The van der Waals surface area contributed by atoms with Gasteiger partial charge in [-0.1, -0.05) is 68.4 Å². The molecule has 4 heteroatoms. The van der Waals surface area contributed by atoms with Gasteiger partial charge in [-0.05, 0) is 58.3 Å². The summed E-state index contributed by atoms with van der Waals surface area (Å²) >= 11 is 0. The highest BCUT2D eigenvalue weighted by molar-refractivity contribution is 7.32. The zero-order valence-electron chi connectivity index (χ0n) is 15.9. The van der Waals surface area contributed by atoms with Gasteiger partial charge in [0.1, 0.15) is 6.10 Å². The summed E-state index contributed by atoms with van der Waals surface area (Å²) in [7, 11) is -2.97. The molecular formula is C21H35FO2P+. The number of halogens is 1. The van der Waals surface area contributed by atoms with Gasteiger partial charge in [0.05, 0.1) is 4.20 Å². The van der Waals surface area contributed by atoms with E-state index in [2.05, 4.69) is 60.1 Å². The van der Waals surface area contributed by atoms with Crippen molar-refractivity contribution < 1.29 is 13.3 Å². The van der Waals surface area contributed by atoms with Gasteiger partial charge in [-0.15, -0.1) is 4.52 Å². The van der Waals surface area contributed by atoms with Crippen molar-refractivity contribution in [2.24, 2.45) is 0 Å². The zero-order valence-corrected chi connectivity index (χ0v) is 16.8. The van der Waals surface area contributed by atoms with Crippen molar-refractivity contribution in [3.63, 3.8) is 0 Å². The Labute approximate surface area is 154 Å². The summed E-state index contributed by atoms with van der Waals surface area (Å²) in [4.78, 5) is 0. The highest BCUT2D eigenvalue weighted by atomic mass is 31.2. The monoisotopic (exact) mass is 369 g/mol. The summed E-state index contributed by atoms with van der Waals surface area (Å²) in [6, 6.07) is 0. The van der Waals surface area contributed by atoms with Crippen molar-refractivity contribution in [3.05, 3.63) is 48.6 Å². The molecule has 0 bridgehead atoms. The first-order valence-electron chi connectivity index (χ1n) is 9.56. The standard InChI is InChI=1S/C21H35FO2P/c1-3-4-5-6-7-8-9-10-11-12-13-14-15-16-17-18-19-20-21(2)24-25(22)23/h7-8,10-11,13-14,16-17,21H,3-6,9,12,15,18-20H2,1-2H3/q+1/b8-7-,11-10-,14-13-,17-16-. The van der Waals surface area contributed by atoms with Gasteiger partial charge in [-0.25, -0.2) is 0 Å². The lowest BCUT2D eigenvalue weighted by molar-refractivity contribution is 0.207. The van der Waals surface area contributed by atoms with Crippen molar-refractivity contribution in [1.29, 1.82) is 0 Å². The minimum atomic E-state index is -2.97. The largest absolute Gasteiger partial charge is 0.746 e. The Balaban J connectivity index is 3.47. The van der Waals surface area contributed by atoms with E-state index >= 15 is 0 Å². The summed E-state index contributed by atoms with van der Waals surface area (Å²) < 4.78 is 27.0. The Hall–Kier alpha value is -1.05. The van der Waals surface area contributed by atoms with E-state index < -0.39 is 8.34 Å². The minimum absolute atomic E-state index is 0.278. The predicted octanol–water partition coefficient (Wildman–Crippen LogP) is 8.16. The Morgan fingerprint density at radius 2 is 1.32 bits per heavy atom. The van der Waals surface area contributed by atoms with Crippen LogP contribution in [0.1, 0.15) is 78.1 Å². The van der Waals surface area contributed by atoms with Gasteiger partial charge in [0.15, 0.2) is 0 Å². The van der Waals surface area contributed by atoms with Crippen LogP contribution in [0.4, 0.5) is 4.20 Å². The molecule has 0 fully saturated rings. The van der Waals surface area contributed by atoms with Crippen LogP contribution in [0.15, 0.2) is 48.6 Å². The highest BCUT2D eigenvalue weighted by Gasteiger charge is 2.20. The van der Waals surface area contributed by atoms with E-state index in [0.29, 0.717) is 0 Å². The number of unbranched alkanes of at least 4 members (excludes halogenated alkanes) is 4. The van der Waals surface area contributed by atoms with Gasteiger partial charge >= 0.3 is 8.34 Å². The lowest BCUT2D eigenvalue weighted by atomic mass is 10.1. The fourth-order valence-corrected chi connectivity index (χ4v) is 2.67. The minimum Gasteiger partial charge on any atom is -0.112 e. The molecule has 2 unspecified atom stereocenters. The summed E-state index contributed by atoms with van der Waals surface area (Å²) in [5.74, 6) is 0. The van der Waals surface area contributed by atoms with Gasteiger partial charge < -0.3 is 0 Å². The first-order valence-corrected chi connectivity index (χ1v) is 10.6. The van der Waals surface area contributed by atoms with E-state index in [0.717, 1.165) is 38.5 Å². The van der Waals surface area contributed by atoms with Crippen LogP contribution in [0, 0.1) is 0 Å². The molecule has 0 aromatic heterocycles. The van der Waals surface area contributed by atoms with Crippen LogP contribution < -0.4 is 0 Å². The van der Waals surface area contributed by atoms with Crippen molar-refractivity contribution in [1.82, 2.24) is 0 Å². The summed E-state index contributed by atoms with van der Waals surface area (Å²) in [6.07, 6.45) is 27.9. The van der Waals surface area contributed by atoms with Crippen LogP contribution in [-0.4, -0.2) is 6.10 Å². The molecule has 0 aliphatic carbocycles. The molecule has 0 rings (SSSR count). The quantitative estimate of drug-likeness (QED) is 0.156. The van der Waals surface area contributed by atoms with Gasteiger partial charge in [0, 0.05) is 4.57 Å². The molecule has 0 saturated carbocycles. The second-order valence-corrected chi connectivity index (χ2v) is 6.78. The van der Waals surface area contributed by atoms with Crippen LogP contribution in [0.25, 0.3) is 0 Å². The van der Waals surface area contributed by atoms with Crippen LogP contribution in [0.3, 0.4) is 0 Å². The maximum Gasteiger partial charge on any atom is 0.746 e. The first kappa shape index (κ1) is 23.9. The van der Waals surface area contributed by atoms with E-state index in [9.17, 15) is 8.76 Å². The average molecular weight is 369 g/mol. The topological polar surface area (TPSA) is 26.3 Å². The van der Waals surface area contributed by atoms with Gasteiger partial charge in [0.2, 0.25) is 0 Å². The molecule has 0 aromatic rings. The molecule has 2 atom stereocenters. The van der Waals surface area contributed by atoms with Crippen molar-refractivity contribution in [2.75, 3.05) is 0 Å². The maximum atomic E-state index is 12.1. The normalized spacial score (nSPS) is 14.4. The molecule has 2 nitrogen and oxygen atoms in total. The molecule has 0 aliphatic rings. The van der Waals surface area contributed by atoms with Gasteiger partial charge in [-0.2, -0.15) is 0 Å². The fourth-order valence-electron chi connectivity index (χ4n) is 2.28. The fraction of sp³-hybridized carbons (Fsp3) is 0.619. The molecule has 0 radical (unpaired) electrons. The summed E-state index contributed by atoms with van der Waals surface area (Å²) in [6.45, 7) is 3.98. The molecule has 0 aliphatic heterocycles. The summed E-state index contributed by atoms with van der Waals surface area (Å²) in [5.41, 5.74) is 0. The number of allylic oxidation sites excluding steroid dienone is 8. The Morgan fingerprint density at radius 1 is 0.840 bits per heavy atom. The number of rotatable bonds is 16. The molecule has 0 spiro atoms. The second kappa shape index (κ2) is 19.3. The Morgan fingerprint density at radius 3 is 1.80 bits per heavy atom. The second-order valence-electron chi connectivity index (χ2n) is 6.15. The molecule has 25 heavy (non-hydrogen) atoms. The van der Waals surface area contributed by atoms with E-state index in [4.69, 9.17) is 0 Å². The third kappa shape index (κ3) is 20.9. The summed E-state index contributed by atoms with van der Waals surface area (Å²) in [5, 5.41) is 0. The first-order chi connectivity index (χ1) is 12.2. The van der Waals surface area contributed by atoms with E-state index in [-0.39, 0.29) is 6.10 Å². The van der Waals surface area contributed by atoms with Crippen LogP contribution >= 0.6 is 8.34 Å². The Bertz CT molecular complexity index is 428. The van der Waals surface area contributed by atoms with E-state index in [1.165, 1.54) is 25.7 Å². The smallest absolute Gasteiger partial charge is 0.112 e. The average Bonchev–Trinajstić information content (AvgIpc) is 2.57. The molecule has 0 heterocycles. The number of hydrogen-bond donors (Lipinski definition) is 0. The molecule has 0 N–H and O–H groups in total. The van der Waals surface area contributed by atoms with Crippen LogP contribution in [0.5, 0.6) is 0 Å². The SMILES string of the molecule is CCCCC/C=C\C/C=C\C/C=C\C/C=C\CCCC(C)O[P+](=O)F. The molecule has 0 amide bonds. The molecular weight excluding hydrogens is 334 g/mol. The third-order valence-corrected chi connectivity index (χ3v) is 4.23. The third-order valence-electron chi connectivity index (χ3n) is 3.70. The Kier molecular flexibility index (Phi) is 18.5. The van der Waals surface area contributed by atoms with E-state index in [1.807, 2.05) is 0 Å². The molecule has 142 valence electrons.